The molecule has 2 heterocycles. The van der Waals surface area contributed by atoms with Crippen LogP contribution in [-0.2, 0) is 21.3 Å². The quantitative estimate of drug-likeness (QED) is 0.188. The van der Waals surface area contributed by atoms with Gasteiger partial charge in [-0.2, -0.15) is 47.9 Å². The molecule has 0 aliphatic rings. The minimum Gasteiger partial charge on any atom is -0.462 e. The molecule has 0 atom stereocenters. The van der Waals surface area contributed by atoms with Crippen molar-refractivity contribution < 1.29 is 61.6 Å². The van der Waals surface area contributed by atoms with E-state index in [9.17, 15) is 52.7 Å². The highest BCUT2D eigenvalue weighted by atomic mass is 32.2. The molecule has 0 N–H and O–H groups in total. The number of unbranched alkanes of at least 4 members (excludes halogenated alkanes) is 1. The first-order valence-corrected chi connectivity index (χ1v) is 12.0. The van der Waals surface area contributed by atoms with Crippen LogP contribution in [0.1, 0.15) is 42.7 Å². The minimum absolute atomic E-state index is 0.0522. The molecule has 0 saturated heterocycles. The predicted molar refractivity (Wildman–Crippen MR) is 112 cm³/mol. The number of hydrogen-bond donors (Lipinski definition) is 0. The molecule has 0 aliphatic carbocycles. The summed E-state index contributed by atoms with van der Waals surface area (Å²) in [5.41, 5.74) is -1.64. The fourth-order valence-electron chi connectivity index (χ4n) is 2.92. The van der Waals surface area contributed by atoms with E-state index in [1.807, 2.05) is 0 Å². The number of esters is 1. The van der Waals surface area contributed by atoms with Crippen molar-refractivity contribution in [1.29, 1.82) is 0 Å². The van der Waals surface area contributed by atoms with Gasteiger partial charge in [0.25, 0.3) is 0 Å². The largest absolute Gasteiger partial charge is 0.462 e. The Hall–Kier alpha value is -3.11. The van der Waals surface area contributed by atoms with Crippen LogP contribution in [0.15, 0.2) is 30.5 Å². The zero-order chi connectivity index (χ0) is 29.2. The second-order valence-electron chi connectivity index (χ2n) is 7.57. The number of carbonyl (C=O) groups is 1. The van der Waals surface area contributed by atoms with Crippen molar-refractivity contribution in [3.63, 3.8) is 0 Å². The number of pyridine rings is 2. The molecule has 0 amide bonds. The summed E-state index contributed by atoms with van der Waals surface area (Å²) in [6.07, 6.45) is -5.44. The van der Waals surface area contributed by atoms with Gasteiger partial charge in [0, 0.05) is 12.3 Å². The van der Waals surface area contributed by atoms with Gasteiger partial charge in [-0.3, -0.25) is 9.97 Å². The number of aromatic nitrogens is 2. The van der Waals surface area contributed by atoms with E-state index >= 15 is 0 Å². The highest BCUT2D eigenvalue weighted by Gasteiger charge is 2.86. The molecular weight excluding hydrogens is 563 g/mol. The van der Waals surface area contributed by atoms with Gasteiger partial charge in [0.15, 0.2) is 5.75 Å². The molecular formula is C21H19F9N2O5S. The van der Waals surface area contributed by atoms with Gasteiger partial charge in [-0.15, -0.1) is 0 Å². The van der Waals surface area contributed by atoms with E-state index in [0.717, 1.165) is 0 Å². The van der Waals surface area contributed by atoms with Gasteiger partial charge in [-0.25, -0.2) is 4.79 Å². The van der Waals surface area contributed by atoms with Crippen molar-refractivity contribution in [3.05, 3.63) is 41.7 Å². The summed E-state index contributed by atoms with van der Waals surface area (Å²) in [7, 11) is -7.34. The van der Waals surface area contributed by atoms with E-state index in [1.54, 1.807) is 6.92 Å². The van der Waals surface area contributed by atoms with E-state index in [1.165, 1.54) is 31.3 Å². The lowest BCUT2D eigenvalue weighted by atomic mass is 10.1. The first kappa shape index (κ1) is 31.1. The summed E-state index contributed by atoms with van der Waals surface area (Å²) in [6, 6.07) is 4.65. The lowest BCUT2D eigenvalue weighted by Crippen LogP contribution is -2.63. The molecule has 0 aromatic carbocycles. The number of carbonyl (C=O) groups excluding carboxylic acids is 1. The number of rotatable bonds is 11. The van der Waals surface area contributed by atoms with Gasteiger partial charge in [-0.05, 0) is 31.9 Å². The van der Waals surface area contributed by atoms with Crippen LogP contribution in [-0.4, -0.2) is 54.2 Å². The minimum atomic E-state index is -7.52. The van der Waals surface area contributed by atoms with Gasteiger partial charge >= 0.3 is 39.4 Å². The van der Waals surface area contributed by atoms with Gasteiger partial charge in [-0.1, -0.05) is 19.4 Å². The van der Waals surface area contributed by atoms with Crippen LogP contribution < -0.4 is 4.18 Å². The maximum absolute atomic E-state index is 14.3. The number of alkyl halides is 9. The van der Waals surface area contributed by atoms with Crippen LogP contribution in [0.2, 0.25) is 0 Å². The average molecular weight is 582 g/mol. The zero-order valence-corrected chi connectivity index (χ0v) is 20.3. The lowest BCUT2D eigenvalue weighted by Gasteiger charge is -2.32. The lowest BCUT2D eigenvalue weighted by molar-refractivity contribution is -0.382. The Balaban J connectivity index is 2.79. The predicted octanol–water partition coefficient (Wildman–Crippen LogP) is 5.80. The summed E-state index contributed by atoms with van der Waals surface area (Å²) in [5, 5.41) is -7.14. The average Bonchev–Trinajstić information content (AvgIpc) is 2.81. The second kappa shape index (κ2) is 10.9. The molecule has 0 fully saturated rings. The van der Waals surface area contributed by atoms with Crippen LogP contribution in [0.3, 0.4) is 0 Å². The summed E-state index contributed by atoms with van der Waals surface area (Å²) in [4.78, 5) is 20.6. The number of aryl methyl sites for hydroxylation is 1. The van der Waals surface area contributed by atoms with Gasteiger partial charge < -0.3 is 8.92 Å². The molecule has 2 rings (SSSR count). The number of ether oxygens (including phenoxy) is 1. The molecule has 0 radical (unpaired) electrons. The second-order valence-corrected chi connectivity index (χ2v) is 9.15. The maximum atomic E-state index is 14.3. The van der Waals surface area contributed by atoms with Crippen molar-refractivity contribution in [2.24, 2.45) is 0 Å². The highest BCUT2D eigenvalue weighted by Crippen LogP contribution is 2.55. The summed E-state index contributed by atoms with van der Waals surface area (Å²) >= 11 is 0. The Labute approximate surface area is 210 Å². The summed E-state index contributed by atoms with van der Waals surface area (Å²) < 4.78 is 153. The molecule has 0 spiro atoms. The van der Waals surface area contributed by atoms with E-state index in [4.69, 9.17) is 4.74 Å². The van der Waals surface area contributed by atoms with Crippen LogP contribution in [0.4, 0.5) is 39.5 Å². The molecule has 2 aromatic heterocycles. The molecule has 2 aromatic rings. The SMILES string of the molecule is CCCCc1nc(-c2ccccn2)cc(OS(=O)(=O)C(F)(F)C(F)(F)C(F)(F)C(F)(F)F)c1C(=O)OCC. The molecule has 7 nitrogen and oxygen atoms in total. The van der Waals surface area contributed by atoms with Gasteiger partial charge in [0.1, 0.15) is 5.56 Å². The Morgan fingerprint density at radius 1 is 0.947 bits per heavy atom. The number of hydrogen-bond acceptors (Lipinski definition) is 7. The van der Waals surface area contributed by atoms with Crippen molar-refractivity contribution in [3.8, 4) is 17.1 Å². The smallest absolute Gasteiger partial charge is 0.460 e. The van der Waals surface area contributed by atoms with Crippen molar-refractivity contribution in [2.75, 3.05) is 6.61 Å². The zero-order valence-electron chi connectivity index (χ0n) is 19.5. The standard InChI is InChI=1S/C21H19F9N2O5S/c1-3-5-8-13-16(17(33)36-4-2)15(11-14(32-13)12-9-6-7-10-31-12)37-38(34,35)21(29,30)19(24,25)18(22,23)20(26,27)28/h6-7,9-11H,3-5,8H2,1-2H3. The van der Waals surface area contributed by atoms with Gasteiger partial charge in [0.05, 0.1) is 23.7 Å². The third-order valence-corrected chi connectivity index (χ3v) is 6.14. The first-order chi connectivity index (χ1) is 17.4. The maximum Gasteiger partial charge on any atom is 0.460 e. The van der Waals surface area contributed by atoms with E-state index in [0.29, 0.717) is 12.5 Å². The Morgan fingerprint density at radius 2 is 1.58 bits per heavy atom. The molecule has 38 heavy (non-hydrogen) atoms. The van der Waals surface area contributed by atoms with Crippen LogP contribution >= 0.6 is 0 Å². The van der Waals surface area contributed by atoms with E-state index in [2.05, 4.69) is 14.2 Å². The van der Waals surface area contributed by atoms with E-state index in [-0.39, 0.29) is 36.5 Å². The van der Waals surface area contributed by atoms with Crippen molar-refractivity contribution in [2.45, 2.75) is 56.4 Å². The van der Waals surface area contributed by atoms with Crippen molar-refractivity contribution >= 4 is 16.1 Å². The fraction of sp³-hybridized carbons (Fsp3) is 0.476. The number of halogens is 9. The van der Waals surface area contributed by atoms with E-state index < -0.39 is 50.7 Å². The number of nitrogens with zero attached hydrogens (tertiary/aromatic N) is 2. The third-order valence-electron chi connectivity index (χ3n) is 4.86. The van der Waals surface area contributed by atoms with Crippen LogP contribution in [0.5, 0.6) is 5.75 Å². The fourth-order valence-corrected chi connectivity index (χ4v) is 3.83. The molecule has 0 aliphatic heterocycles. The molecule has 17 heteroatoms. The third kappa shape index (κ3) is 5.66. The molecule has 212 valence electrons. The molecule has 0 bridgehead atoms. The highest BCUT2D eigenvalue weighted by molar-refractivity contribution is 7.88. The normalized spacial score (nSPS) is 13.3. The van der Waals surface area contributed by atoms with Crippen LogP contribution in [0, 0.1) is 0 Å². The molecule has 0 unspecified atom stereocenters. The Kier molecular flexibility index (Phi) is 8.96. The Bertz CT molecular complexity index is 1250. The van der Waals surface area contributed by atoms with Crippen LogP contribution in [0.25, 0.3) is 11.4 Å². The van der Waals surface area contributed by atoms with Gasteiger partial charge in [0.2, 0.25) is 0 Å². The Morgan fingerprint density at radius 3 is 2.08 bits per heavy atom. The monoisotopic (exact) mass is 582 g/mol. The summed E-state index contributed by atoms with van der Waals surface area (Å²) in [5.74, 6) is -17.9. The molecule has 0 saturated carbocycles. The summed E-state index contributed by atoms with van der Waals surface area (Å²) in [6.45, 7) is 2.63. The topological polar surface area (TPSA) is 95.5 Å². The van der Waals surface area contributed by atoms with Crippen molar-refractivity contribution in [1.82, 2.24) is 9.97 Å². The first-order valence-electron chi connectivity index (χ1n) is 10.6.